The van der Waals surface area contributed by atoms with Gasteiger partial charge in [0, 0.05) is 11.3 Å². The predicted octanol–water partition coefficient (Wildman–Crippen LogP) is 3.17. The van der Waals surface area contributed by atoms with Gasteiger partial charge in [0.25, 0.3) is 5.56 Å². The average molecular weight is 271 g/mol. The number of hydrogen-bond acceptors (Lipinski definition) is 2. The summed E-state index contributed by atoms with van der Waals surface area (Å²) in [6, 6.07) is 9.32. The lowest BCUT2D eigenvalue weighted by molar-refractivity contribution is 0.0696. The SMILES string of the molecule is Cc1cc(-c2ccc(C(C)C)cc2)c(C(=O)O)c(=O)[nH]1. The zero-order valence-electron chi connectivity index (χ0n) is 11.7. The summed E-state index contributed by atoms with van der Waals surface area (Å²) in [7, 11) is 0. The quantitative estimate of drug-likeness (QED) is 0.900. The van der Waals surface area contributed by atoms with Gasteiger partial charge in [0.15, 0.2) is 0 Å². The Morgan fingerprint density at radius 2 is 1.80 bits per heavy atom. The van der Waals surface area contributed by atoms with E-state index in [1.54, 1.807) is 13.0 Å². The maximum atomic E-state index is 11.8. The van der Waals surface area contributed by atoms with Gasteiger partial charge in [-0.2, -0.15) is 0 Å². The van der Waals surface area contributed by atoms with E-state index in [2.05, 4.69) is 18.8 Å². The van der Waals surface area contributed by atoms with E-state index in [9.17, 15) is 14.7 Å². The molecule has 1 aromatic carbocycles. The molecular weight excluding hydrogens is 254 g/mol. The molecule has 4 heteroatoms. The molecule has 0 bridgehead atoms. The van der Waals surface area contributed by atoms with Crippen molar-refractivity contribution in [3.63, 3.8) is 0 Å². The third-order valence-electron chi connectivity index (χ3n) is 3.27. The highest BCUT2D eigenvalue weighted by atomic mass is 16.4. The Labute approximate surface area is 117 Å². The average Bonchev–Trinajstić information content (AvgIpc) is 2.37. The molecule has 1 aromatic heterocycles. The number of carbonyl (C=O) groups is 1. The third kappa shape index (κ3) is 2.64. The highest BCUT2D eigenvalue weighted by molar-refractivity contribution is 5.95. The number of nitrogens with one attached hydrogen (secondary N) is 1. The molecule has 0 atom stereocenters. The number of aromatic nitrogens is 1. The summed E-state index contributed by atoms with van der Waals surface area (Å²) >= 11 is 0. The van der Waals surface area contributed by atoms with Gasteiger partial charge in [0.05, 0.1) is 0 Å². The zero-order valence-corrected chi connectivity index (χ0v) is 11.7. The van der Waals surface area contributed by atoms with Crippen LogP contribution >= 0.6 is 0 Å². The molecule has 0 amide bonds. The molecule has 2 N–H and O–H groups in total. The van der Waals surface area contributed by atoms with Crippen molar-refractivity contribution in [1.82, 2.24) is 4.98 Å². The Hall–Kier alpha value is -2.36. The lowest BCUT2D eigenvalue weighted by atomic mass is 9.96. The van der Waals surface area contributed by atoms with E-state index in [0.717, 1.165) is 5.56 Å². The Morgan fingerprint density at radius 3 is 2.30 bits per heavy atom. The summed E-state index contributed by atoms with van der Waals surface area (Å²) in [5, 5.41) is 9.22. The Bertz CT molecular complexity index is 697. The Kier molecular flexibility index (Phi) is 3.74. The van der Waals surface area contributed by atoms with Crippen LogP contribution < -0.4 is 5.56 Å². The number of carboxylic acid groups (broad SMARTS) is 1. The molecule has 0 aliphatic carbocycles. The van der Waals surface area contributed by atoms with Gasteiger partial charge in [-0.15, -0.1) is 0 Å². The van der Waals surface area contributed by atoms with E-state index in [0.29, 0.717) is 17.2 Å². The number of benzene rings is 1. The summed E-state index contributed by atoms with van der Waals surface area (Å²) in [5.41, 5.74) is 2.22. The number of carboxylic acids is 1. The first kappa shape index (κ1) is 14.1. The molecule has 2 rings (SSSR count). The summed E-state index contributed by atoms with van der Waals surface area (Å²) in [4.78, 5) is 25.6. The number of aromatic carboxylic acids is 1. The van der Waals surface area contributed by atoms with Gasteiger partial charge in [-0.05, 0) is 30.0 Å². The molecule has 1 heterocycles. The molecule has 0 saturated carbocycles. The molecule has 0 aliphatic heterocycles. The normalized spacial score (nSPS) is 10.8. The van der Waals surface area contributed by atoms with Crippen molar-refractivity contribution in [3.05, 3.63) is 57.5 Å². The molecule has 20 heavy (non-hydrogen) atoms. The largest absolute Gasteiger partial charge is 0.477 e. The fourth-order valence-electron chi connectivity index (χ4n) is 2.18. The van der Waals surface area contributed by atoms with Crippen LogP contribution in [-0.4, -0.2) is 16.1 Å². The molecule has 0 radical (unpaired) electrons. The van der Waals surface area contributed by atoms with Crippen molar-refractivity contribution < 1.29 is 9.90 Å². The fraction of sp³-hybridized carbons (Fsp3) is 0.250. The second-order valence-electron chi connectivity index (χ2n) is 5.15. The molecule has 0 fully saturated rings. The lowest BCUT2D eigenvalue weighted by Gasteiger charge is -2.09. The van der Waals surface area contributed by atoms with Crippen LogP contribution in [0.3, 0.4) is 0 Å². The van der Waals surface area contributed by atoms with Crippen LogP contribution in [0.15, 0.2) is 35.1 Å². The van der Waals surface area contributed by atoms with Crippen LogP contribution in [-0.2, 0) is 0 Å². The van der Waals surface area contributed by atoms with Crippen molar-refractivity contribution in [3.8, 4) is 11.1 Å². The molecule has 2 aromatic rings. The molecular formula is C16H17NO3. The van der Waals surface area contributed by atoms with E-state index in [1.165, 1.54) is 5.56 Å². The number of hydrogen-bond donors (Lipinski definition) is 2. The molecule has 0 aliphatic rings. The first-order valence-corrected chi connectivity index (χ1v) is 6.47. The van der Waals surface area contributed by atoms with Gasteiger partial charge in [-0.1, -0.05) is 38.1 Å². The number of aryl methyl sites for hydroxylation is 1. The van der Waals surface area contributed by atoms with Crippen LogP contribution in [0.4, 0.5) is 0 Å². The van der Waals surface area contributed by atoms with Crippen LogP contribution in [0.1, 0.15) is 41.4 Å². The van der Waals surface area contributed by atoms with E-state index in [1.807, 2.05) is 24.3 Å². The van der Waals surface area contributed by atoms with Gasteiger partial charge < -0.3 is 10.1 Å². The fourth-order valence-corrected chi connectivity index (χ4v) is 2.18. The molecule has 104 valence electrons. The van der Waals surface area contributed by atoms with Crippen molar-refractivity contribution in [1.29, 1.82) is 0 Å². The second kappa shape index (κ2) is 5.33. The zero-order chi connectivity index (χ0) is 14.9. The minimum Gasteiger partial charge on any atom is -0.477 e. The topological polar surface area (TPSA) is 70.2 Å². The van der Waals surface area contributed by atoms with Gasteiger partial charge in [0.1, 0.15) is 5.56 Å². The van der Waals surface area contributed by atoms with Crippen molar-refractivity contribution in [2.45, 2.75) is 26.7 Å². The van der Waals surface area contributed by atoms with Crippen molar-refractivity contribution in [2.75, 3.05) is 0 Å². The maximum Gasteiger partial charge on any atom is 0.341 e. The lowest BCUT2D eigenvalue weighted by Crippen LogP contribution is -2.19. The van der Waals surface area contributed by atoms with Gasteiger partial charge >= 0.3 is 5.97 Å². The molecule has 4 nitrogen and oxygen atoms in total. The second-order valence-corrected chi connectivity index (χ2v) is 5.15. The summed E-state index contributed by atoms with van der Waals surface area (Å²) < 4.78 is 0. The molecule has 0 unspecified atom stereocenters. The smallest absolute Gasteiger partial charge is 0.341 e. The van der Waals surface area contributed by atoms with E-state index in [-0.39, 0.29) is 5.56 Å². The highest BCUT2D eigenvalue weighted by Crippen LogP contribution is 2.24. The Balaban J connectivity index is 2.62. The van der Waals surface area contributed by atoms with E-state index >= 15 is 0 Å². The number of pyridine rings is 1. The van der Waals surface area contributed by atoms with Crippen LogP contribution in [0.5, 0.6) is 0 Å². The van der Waals surface area contributed by atoms with Crippen molar-refractivity contribution in [2.24, 2.45) is 0 Å². The van der Waals surface area contributed by atoms with Gasteiger partial charge in [-0.3, -0.25) is 4.79 Å². The summed E-state index contributed by atoms with van der Waals surface area (Å²) in [6.07, 6.45) is 0. The number of aromatic amines is 1. The molecule has 0 spiro atoms. The summed E-state index contributed by atoms with van der Waals surface area (Å²) in [5.74, 6) is -0.807. The third-order valence-corrected chi connectivity index (χ3v) is 3.27. The highest BCUT2D eigenvalue weighted by Gasteiger charge is 2.17. The Morgan fingerprint density at radius 1 is 1.20 bits per heavy atom. The first-order valence-electron chi connectivity index (χ1n) is 6.47. The minimum atomic E-state index is -1.21. The monoisotopic (exact) mass is 271 g/mol. The van der Waals surface area contributed by atoms with Crippen LogP contribution in [0, 0.1) is 6.92 Å². The number of H-pyrrole nitrogens is 1. The van der Waals surface area contributed by atoms with Crippen LogP contribution in [0.2, 0.25) is 0 Å². The standard InChI is InChI=1S/C16H17NO3/c1-9(2)11-4-6-12(7-5-11)13-8-10(3)17-15(18)14(13)16(19)20/h4-9H,1-3H3,(H,17,18)(H,19,20). The molecule has 0 saturated heterocycles. The number of rotatable bonds is 3. The van der Waals surface area contributed by atoms with Gasteiger partial charge in [0.2, 0.25) is 0 Å². The summed E-state index contributed by atoms with van der Waals surface area (Å²) in [6.45, 7) is 5.92. The van der Waals surface area contributed by atoms with Crippen molar-refractivity contribution >= 4 is 5.97 Å². The first-order chi connectivity index (χ1) is 9.40. The van der Waals surface area contributed by atoms with E-state index in [4.69, 9.17) is 0 Å². The van der Waals surface area contributed by atoms with Crippen LogP contribution in [0.25, 0.3) is 11.1 Å². The van der Waals surface area contributed by atoms with E-state index < -0.39 is 11.5 Å². The predicted molar refractivity (Wildman–Crippen MR) is 78.3 cm³/mol. The van der Waals surface area contributed by atoms with Gasteiger partial charge in [-0.25, -0.2) is 4.79 Å². The maximum absolute atomic E-state index is 11.8. The minimum absolute atomic E-state index is 0.215.